The van der Waals surface area contributed by atoms with Crippen LogP contribution in [0.25, 0.3) is 0 Å². The van der Waals surface area contributed by atoms with Gasteiger partial charge in [-0.2, -0.15) is 0 Å². The third-order valence-corrected chi connectivity index (χ3v) is 2.09. The zero-order chi connectivity index (χ0) is 16.3. The minimum Gasteiger partial charge on any atom is -0.504 e. The van der Waals surface area contributed by atoms with E-state index in [4.69, 9.17) is 5.73 Å². The lowest BCUT2D eigenvalue weighted by atomic mass is 10.0. The molecule has 0 spiro atoms. The topological polar surface area (TPSA) is 63.3 Å². The first-order valence-electron chi connectivity index (χ1n) is 6.84. The standard InChI is InChI=1S/C11H12FNO2.C3H8.C2H6/c1-3-10(14)11(15)7-5-8(12)9(13)4-6(7)2;1-3-2;1-2/h3-5,14H,13H2,1-2H3;3H2,1-2H3;1-2H3/b10-3+;;. The van der Waals surface area contributed by atoms with Crippen molar-refractivity contribution in [3.8, 4) is 0 Å². The van der Waals surface area contributed by atoms with Gasteiger partial charge >= 0.3 is 0 Å². The SMILES string of the molecule is C/C=C(/O)C(=O)c1cc(F)c(N)cc1C.CC.CCC. The van der Waals surface area contributed by atoms with E-state index >= 15 is 0 Å². The molecular formula is C16H26FNO2. The molecule has 0 saturated heterocycles. The van der Waals surface area contributed by atoms with E-state index in [1.165, 1.54) is 25.5 Å². The molecule has 0 atom stereocenters. The lowest BCUT2D eigenvalue weighted by Crippen LogP contribution is -2.07. The van der Waals surface area contributed by atoms with Crippen molar-refractivity contribution < 1.29 is 14.3 Å². The molecule has 1 aromatic rings. The van der Waals surface area contributed by atoms with Crippen LogP contribution in [-0.2, 0) is 0 Å². The molecule has 0 unspecified atom stereocenters. The molecule has 0 fully saturated rings. The third-order valence-electron chi connectivity index (χ3n) is 2.09. The lowest BCUT2D eigenvalue weighted by molar-refractivity contribution is 0.0976. The number of ketones is 1. The summed E-state index contributed by atoms with van der Waals surface area (Å²) in [4.78, 5) is 11.5. The highest BCUT2D eigenvalue weighted by molar-refractivity contribution is 6.08. The zero-order valence-electron chi connectivity index (χ0n) is 13.2. The molecule has 0 aliphatic carbocycles. The number of Topliss-reactive ketones (excluding diaryl/α,β-unsaturated/α-hetero) is 1. The van der Waals surface area contributed by atoms with E-state index < -0.39 is 17.4 Å². The van der Waals surface area contributed by atoms with Crippen molar-refractivity contribution in [2.24, 2.45) is 0 Å². The van der Waals surface area contributed by atoms with Crippen LogP contribution in [0.15, 0.2) is 24.0 Å². The Labute approximate surface area is 121 Å². The normalized spacial score (nSPS) is 9.85. The van der Waals surface area contributed by atoms with E-state index in [-0.39, 0.29) is 11.3 Å². The number of aliphatic hydroxyl groups is 1. The maximum Gasteiger partial charge on any atom is 0.227 e. The summed E-state index contributed by atoms with van der Waals surface area (Å²) < 4.78 is 13.1. The van der Waals surface area contributed by atoms with Crippen LogP contribution in [0.3, 0.4) is 0 Å². The number of anilines is 1. The Balaban J connectivity index is 0. The Morgan fingerprint density at radius 1 is 1.35 bits per heavy atom. The zero-order valence-corrected chi connectivity index (χ0v) is 13.2. The molecule has 114 valence electrons. The maximum absolute atomic E-state index is 13.1. The first-order valence-corrected chi connectivity index (χ1v) is 6.84. The fourth-order valence-electron chi connectivity index (χ4n) is 1.22. The van der Waals surface area contributed by atoms with Crippen molar-refractivity contribution in [1.82, 2.24) is 0 Å². The molecule has 0 amide bonds. The van der Waals surface area contributed by atoms with E-state index in [2.05, 4.69) is 13.8 Å². The molecule has 0 heterocycles. The van der Waals surface area contributed by atoms with E-state index in [0.717, 1.165) is 6.07 Å². The molecule has 3 nitrogen and oxygen atoms in total. The molecule has 3 N–H and O–H groups in total. The van der Waals surface area contributed by atoms with Crippen LogP contribution in [0.4, 0.5) is 10.1 Å². The quantitative estimate of drug-likeness (QED) is 0.354. The summed E-state index contributed by atoms with van der Waals surface area (Å²) in [5.74, 6) is -1.66. The number of rotatable bonds is 2. The Bertz CT molecular complexity index is 454. The van der Waals surface area contributed by atoms with Crippen LogP contribution in [-0.4, -0.2) is 10.9 Å². The van der Waals surface area contributed by atoms with Gasteiger partial charge in [0.2, 0.25) is 5.78 Å². The highest BCUT2D eigenvalue weighted by atomic mass is 19.1. The molecule has 0 aliphatic rings. The molecule has 4 heteroatoms. The second-order valence-electron chi connectivity index (χ2n) is 3.90. The molecule has 0 aromatic heterocycles. The summed E-state index contributed by atoms with van der Waals surface area (Å²) >= 11 is 0. The number of nitrogens with two attached hydrogens (primary N) is 1. The van der Waals surface area contributed by atoms with Gasteiger partial charge in [0.1, 0.15) is 5.82 Å². The van der Waals surface area contributed by atoms with Gasteiger partial charge in [-0.1, -0.05) is 34.1 Å². The summed E-state index contributed by atoms with van der Waals surface area (Å²) in [5, 5.41) is 9.22. The summed E-state index contributed by atoms with van der Waals surface area (Å²) in [6.45, 7) is 11.4. The van der Waals surface area contributed by atoms with Crippen molar-refractivity contribution in [2.45, 2.75) is 48.0 Å². The first-order chi connectivity index (χ1) is 9.38. The number of carbonyl (C=O) groups is 1. The van der Waals surface area contributed by atoms with E-state index in [0.29, 0.717) is 5.56 Å². The Morgan fingerprint density at radius 3 is 2.20 bits per heavy atom. The first kappa shape index (κ1) is 20.5. The fraction of sp³-hybridized carbons (Fsp3) is 0.438. The van der Waals surface area contributed by atoms with Gasteiger partial charge in [-0.05, 0) is 37.6 Å². The lowest BCUT2D eigenvalue weighted by Gasteiger charge is -2.06. The second kappa shape index (κ2) is 11.0. The van der Waals surface area contributed by atoms with Crippen LogP contribution in [0.2, 0.25) is 0 Å². The van der Waals surface area contributed by atoms with Crippen LogP contribution >= 0.6 is 0 Å². The number of carbonyl (C=O) groups excluding carboxylic acids is 1. The predicted octanol–water partition coefficient (Wildman–Crippen LogP) is 4.80. The van der Waals surface area contributed by atoms with Gasteiger partial charge in [-0.25, -0.2) is 4.39 Å². The second-order valence-corrected chi connectivity index (χ2v) is 3.90. The highest BCUT2D eigenvalue weighted by Gasteiger charge is 2.15. The van der Waals surface area contributed by atoms with Crippen LogP contribution in [0, 0.1) is 12.7 Å². The average Bonchev–Trinajstić information content (AvgIpc) is 2.44. The molecule has 0 radical (unpaired) electrons. The molecule has 0 saturated carbocycles. The maximum atomic E-state index is 13.1. The summed E-state index contributed by atoms with van der Waals surface area (Å²) in [6.07, 6.45) is 2.51. The third kappa shape index (κ3) is 6.36. The van der Waals surface area contributed by atoms with E-state index in [1.54, 1.807) is 6.92 Å². The largest absolute Gasteiger partial charge is 0.504 e. The Kier molecular flexibility index (Phi) is 11.3. The van der Waals surface area contributed by atoms with Crippen molar-refractivity contribution in [3.63, 3.8) is 0 Å². The van der Waals surface area contributed by atoms with Gasteiger partial charge in [0.05, 0.1) is 5.69 Å². The minimum absolute atomic E-state index is 0.0102. The Hall–Kier alpha value is -1.84. The Morgan fingerprint density at radius 2 is 1.80 bits per heavy atom. The summed E-state index contributed by atoms with van der Waals surface area (Å²) in [7, 11) is 0. The van der Waals surface area contributed by atoms with Gasteiger partial charge in [-0.3, -0.25) is 4.79 Å². The summed E-state index contributed by atoms with van der Waals surface area (Å²) in [6, 6.07) is 2.40. The van der Waals surface area contributed by atoms with Crippen LogP contribution < -0.4 is 5.73 Å². The van der Waals surface area contributed by atoms with Crippen LogP contribution in [0.5, 0.6) is 0 Å². The van der Waals surface area contributed by atoms with Crippen LogP contribution in [0.1, 0.15) is 57.0 Å². The number of hydrogen-bond acceptors (Lipinski definition) is 3. The number of halogens is 1. The van der Waals surface area contributed by atoms with E-state index in [9.17, 15) is 14.3 Å². The number of allylic oxidation sites excluding steroid dienone is 2. The van der Waals surface area contributed by atoms with Crippen molar-refractivity contribution >= 4 is 11.5 Å². The van der Waals surface area contributed by atoms with Crippen molar-refractivity contribution in [3.05, 3.63) is 40.9 Å². The monoisotopic (exact) mass is 283 g/mol. The molecule has 1 rings (SSSR count). The molecule has 20 heavy (non-hydrogen) atoms. The summed E-state index contributed by atoms with van der Waals surface area (Å²) in [5.41, 5.74) is 5.98. The smallest absolute Gasteiger partial charge is 0.227 e. The van der Waals surface area contributed by atoms with Gasteiger partial charge in [-0.15, -0.1) is 0 Å². The van der Waals surface area contributed by atoms with E-state index in [1.807, 2.05) is 13.8 Å². The average molecular weight is 283 g/mol. The van der Waals surface area contributed by atoms with Gasteiger partial charge in [0.15, 0.2) is 5.76 Å². The molecular weight excluding hydrogens is 257 g/mol. The van der Waals surface area contributed by atoms with Gasteiger partial charge in [0.25, 0.3) is 0 Å². The predicted molar refractivity (Wildman–Crippen MR) is 83.6 cm³/mol. The van der Waals surface area contributed by atoms with Gasteiger partial charge in [0, 0.05) is 5.56 Å². The number of aliphatic hydroxyl groups excluding tert-OH is 1. The molecule has 1 aromatic carbocycles. The molecule has 0 bridgehead atoms. The number of hydrogen-bond donors (Lipinski definition) is 2. The van der Waals surface area contributed by atoms with Gasteiger partial charge < -0.3 is 10.8 Å². The number of aryl methyl sites for hydroxylation is 1. The minimum atomic E-state index is -0.659. The molecule has 0 aliphatic heterocycles. The fourth-order valence-corrected chi connectivity index (χ4v) is 1.22. The highest BCUT2D eigenvalue weighted by Crippen LogP contribution is 2.19. The van der Waals surface area contributed by atoms with Crippen molar-refractivity contribution in [1.29, 1.82) is 0 Å². The number of nitrogen functional groups attached to an aromatic ring is 1. The van der Waals surface area contributed by atoms with Crippen molar-refractivity contribution in [2.75, 3.05) is 5.73 Å². The number of benzene rings is 1.